The first-order valence-electron chi connectivity index (χ1n) is 5.93. The van der Waals surface area contributed by atoms with Crippen LogP contribution in [0.3, 0.4) is 0 Å². The van der Waals surface area contributed by atoms with Crippen molar-refractivity contribution in [1.82, 2.24) is 0 Å². The molecule has 2 heterocycles. The molecule has 0 unspecified atom stereocenters. The molecule has 0 saturated heterocycles. The number of ether oxygens (including phenoxy) is 1. The average molecular weight is 268 g/mol. The van der Waals surface area contributed by atoms with Crippen molar-refractivity contribution in [3.63, 3.8) is 0 Å². The SMILES string of the molecule is N#C/C(=C(/N)c1ccc2c(c1)COC2)c1cccs1. The van der Waals surface area contributed by atoms with E-state index >= 15 is 0 Å². The Bertz CT molecular complexity index is 681. The number of rotatable bonds is 2. The molecule has 0 radical (unpaired) electrons. The number of fused-ring (bicyclic) bond motifs is 1. The molecule has 2 N–H and O–H groups in total. The summed E-state index contributed by atoms with van der Waals surface area (Å²) in [5, 5.41) is 11.3. The summed E-state index contributed by atoms with van der Waals surface area (Å²) in [5.41, 5.74) is 10.5. The summed E-state index contributed by atoms with van der Waals surface area (Å²) in [5.74, 6) is 0. The molecule has 94 valence electrons. The van der Waals surface area contributed by atoms with E-state index in [1.165, 1.54) is 16.9 Å². The lowest BCUT2D eigenvalue weighted by Crippen LogP contribution is -2.01. The van der Waals surface area contributed by atoms with Crippen molar-refractivity contribution < 1.29 is 4.74 Å². The quantitative estimate of drug-likeness (QED) is 0.851. The largest absolute Gasteiger partial charge is 0.397 e. The van der Waals surface area contributed by atoms with Crippen molar-refractivity contribution in [3.05, 3.63) is 57.3 Å². The maximum Gasteiger partial charge on any atom is 0.103 e. The highest BCUT2D eigenvalue weighted by atomic mass is 32.1. The number of benzene rings is 1. The molecule has 3 nitrogen and oxygen atoms in total. The third-order valence-electron chi connectivity index (χ3n) is 3.18. The van der Waals surface area contributed by atoms with Crippen LogP contribution in [-0.4, -0.2) is 0 Å². The molecule has 1 aromatic carbocycles. The molecular weight excluding hydrogens is 256 g/mol. The third kappa shape index (κ3) is 2.14. The number of nitrogens with two attached hydrogens (primary N) is 1. The molecule has 0 bridgehead atoms. The van der Waals surface area contributed by atoms with Crippen molar-refractivity contribution in [2.45, 2.75) is 13.2 Å². The molecule has 1 aliphatic heterocycles. The van der Waals surface area contributed by atoms with Gasteiger partial charge in [0.1, 0.15) is 6.07 Å². The van der Waals surface area contributed by atoms with Gasteiger partial charge in [0, 0.05) is 4.88 Å². The Hall–Kier alpha value is -2.09. The van der Waals surface area contributed by atoms with Gasteiger partial charge in [0.25, 0.3) is 0 Å². The van der Waals surface area contributed by atoms with Crippen molar-refractivity contribution in [2.24, 2.45) is 5.73 Å². The maximum atomic E-state index is 9.32. The third-order valence-corrected chi connectivity index (χ3v) is 4.07. The van der Waals surface area contributed by atoms with Crippen LogP contribution in [0.5, 0.6) is 0 Å². The highest BCUT2D eigenvalue weighted by Gasteiger charge is 2.14. The minimum Gasteiger partial charge on any atom is -0.397 e. The van der Waals surface area contributed by atoms with Gasteiger partial charge in [0.2, 0.25) is 0 Å². The van der Waals surface area contributed by atoms with Gasteiger partial charge in [-0.1, -0.05) is 18.2 Å². The van der Waals surface area contributed by atoms with Crippen LogP contribution in [0.2, 0.25) is 0 Å². The molecule has 1 aliphatic rings. The normalized spacial score (nSPS) is 14.7. The first-order chi connectivity index (χ1) is 9.29. The van der Waals surface area contributed by atoms with E-state index < -0.39 is 0 Å². The van der Waals surface area contributed by atoms with Gasteiger partial charge in [-0.25, -0.2) is 0 Å². The summed E-state index contributed by atoms with van der Waals surface area (Å²) >= 11 is 1.52. The van der Waals surface area contributed by atoms with Crippen LogP contribution in [0, 0.1) is 11.3 Å². The van der Waals surface area contributed by atoms with Crippen LogP contribution in [0.1, 0.15) is 21.6 Å². The van der Waals surface area contributed by atoms with Gasteiger partial charge in [-0.3, -0.25) is 0 Å². The lowest BCUT2D eigenvalue weighted by atomic mass is 10.0. The first-order valence-corrected chi connectivity index (χ1v) is 6.81. The molecule has 0 spiro atoms. The van der Waals surface area contributed by atoms with Crippen molar-refractivity contribution in [1.29, 1.82) is 5.26 Å². The molecular formula is C15H12N2OS. The number of nitrogens with zero attached hydrogens (tertiary/aromatic N) is 1. The van der Waals surface area contributed by atoms with E-state index in [0.717, 1.165) is 16.0 Å². The van der Waals surface area contributed by atoms with E-state index in [0.29, 0.717) is 24.5 Å². The fraction of sp³-hybridized carbons (Fsp3) is 0.133. The predicted molar refractivity (Wildman–Crippen MR) is 75.9 cm³/mol. The van der Waals surface area contributed by atoms with Gasteiger partial charge < -0.3 is 10.5 Å². The van der Waals surface area contributed by atoms with E-state index in [9.17, 15) is 5.26 Å². The number of nitriles is 1. The zero-order valence-electron chi connectivity index (χ0n) is 10.2. The number of hydrogen-bond donors (Lipinski definition) is 1. The Morgan fingerprint density at radius 2 is 2.11 bits per heavy atom. The number of hydrogen-bond acceptors (Lipinski definition) is 4. The smallest absolute Gasteiger partial charge is 0.103 e. The molecule has 3 rings (SSSR count). The summed E-state index contributed by atoms with van der Waals surface area (Å²) < 4.78 is 5.39. The summed E-state index contributed by atoms with van der Waals surface area (Å²) in [6, 6.07) is 12.0. The topological polar surface area (TPSA) is 59.0 Å². The Balaban J connectivity index is 2.08. The Labute approximate surface area is 115 Å². The number of thiophene rings is 1. The van der Waals surface area contributed by atoms with Crippen LogP contribution in [0.25, 0.3) is 11.3 Å². The zero-order valence-corrected chi connectivity index (χ0v) is 11.0. The molecule has 0 fully saturated rings. The molecule has 19 heavy (non-hydrogen) atoms. The summed E-state index contributed by atoms with van der Waals surface area (Å²) in [6.45, 7) is 1.28. The van der Waals surface area contributed by atoms with E-state index in [-0.39, 0.29) is 0 Å². The van der Waals surface area contributed by atoms with Crippen LogP contribution in [-0.2, 0) is 18.0 Å². The highest BCUT2D eigenvalue weighted by molar-refractivity contribution is 7.11. The van der Waals surface area contributed by atoms with E-state index in [1.807, 2.05) is 35.7 Å². The monoisotopic (exact) mass is 268 g/mol. The van der Waals surface area contributed by atoms with E-state index in [4.69, 9.17) is 10.5 Å². The molecule has 4 heteroatoms. The predicted octanol–water partition coefficient (Wildman–Crippen LogP) is 3.13. The van der Waals surface area contributed by atoms with Gasteiger partial charge in [0.05, 0.1) is 24.5 Å². The number of allylic oxidation sites excluding steroid dienone is 1. The van der Waals surface area contributed by atoms with Crippen LogP contribution < -0.4 is 5.73 Å². The second kappa shape index (κ2) is 4.88. The summed E-state index contributed by atoms with van der Waals surface area (Å²) in [6.07, 6.45) is 0. The molecule has 2 aromatic rings. The minimum atomic E-state index is 0.527. The Morgan fingerprint density at radius 1 is 1.26 bits per heavy atom. The second-order valence-corrected chi connectivity index (χ2v) is 5.30. The Kier molecular flexibility index (Phi) is 3.08. The van der Waals surface area contributed by atoms with Crippen molar-refractivity contribution >= 4 is 22.6 Å². The molecule has 1 aromatic heterocycles. The molecule has 0 atom stereocenters. The van der Waals surface area contributed by atoms with Crippen molar-refractivity contribution in [2.75, 3.05) is 0 Å². The van der Waals surface area contributed by atoms with E-state index in [1.54, 1.807) is 0 Å². The van der Waals surface area contributed by atoms with Crippen LogP contribution >= 0.6 is 11.3 Å². The fourth-order valence-electron chi connectivity index (χ4n) is 2.15. The van der Waals surface area contributed by atoms with Gasteiger partial charge >= 0.3 is 0 Å². The average Bonchev–Trinajstić information content (AvgIpc) is 3.09. The highest BCUT2D eigenvalue weighted by Crippen LogP contribution is 2.28. The maximum absolute atomic E-state index is 9.32. The van der Waals surface area contributed by atoms with Crippen LogP contribution in [0.15, 0.2) is 35.7 Å². The Morgan fingerprint density at radius 3 is 2.84 bits per heavy atom. The molecule has 0 saturated carbocycles. The van der Waals surface area contributed by atoms with Crippen LogP contribution in [0.4, 0.5) is 0 Å². The lowest BCUT2D eigenvalue weighted by molar-refractivity contribution is 0.134. The molecule has 0 amide bonds. The zero-order chi connectivity index (χ0) is 13.2. The molecule has 0 aliphatic carbocycles. The first kappa shape index (κ1) is 12.0. The van der Waals surface area contributed by atoms with E-state index in [2.05, 4.69) is 6.07 Å². The van der Waals surface area contributed by atoms with Crippen molar-refractivity contribution in [3.8, 4) is 6.07 Å². The van der Waals surface area contributed by atoms with Gasteiger partial charge in [-0.15, -0.1) is 11.3 Å². The minimum absolute atomic E-state index is 0.527. The second-order valence-electron chi connectivity index (χ2n) is 4.35. The lowest BCUT2D eigenvalue weighted by Gasteiger charge is -2.06. The van der Waals surface area contributed by atoms with Gasteiger partial charge in [-0.2, -0.15) is 5.26 Å². The standard InChI is InChI=1S/C15H12N2OS/c16-7-13(14-2-1-5-19-14)15(17)10-3-4-11-8-18-9-12(11)6-10/h1-6H,8-9,17H2/b15-13-. The van der Waals surface area contributed by atoms with Gasteiger partial charge in [-0.05, 0) is 34.2 Å². The summed E-state index contributed by atoms with van der Waals surface area (Å²) in [4.78, 5) is 0.900. The van der Waals surface area contributed by atoms with Gasteiger partial charge in [0.15, 0.2) is 0 Å². The summed E-state index contributed by atoms with van der Waals surface area (Å²) in [7, 11) is 0. The fourth-order valence-corrected chi connectivity index (χ4v) is 2.89.